The molecule has 1 unspecified atom stereocenters. The molecule has 7 nitrogen and oxygen atoms in total. The molecule has 2 atom stereocenters. The van der Waals surface area contributed by atoms with E-state index in [0.29, 0.717) is 0 Å². The van der Waals surface area contributed by atoms with Crippen molar-refractivity contribution in [3.8, 4) is 0 Å². The molecule has 0 aromatic heterocycles. The summed E-state index contributed by atoms with van der Waals surface area (Å²) < 4.78 is 4.35. The Morgan fingerprint density at radius 3 is 2.53 bits per heavy atom. The topological polar surface area (TPSA) is 124 Å². The van der Waals surface area contributed by atoms with Crippen LogP contribution in [0.5, 0.6) is 0 Å². The first-order chi connectivity index (χ1) is 6.49. The minimum absolute atomic E-state index is 0. The number of rotatable bonds is 3. The van der Waals surface area contributed by atoms with Gasteiger partial charge in [-0.15, -0.1) is 0 Å². The molecule has 1 aliphatic heterocycles. The molecule has 0 saturated heterocycles. The zero-order valence-corrected chi connectivity index (χ0v) is 9.88. The third-order valence-corrected chi connectivity index (χ3v) is 1.73. The number of hydrogen-bond donors (Lipinski definition) is 4. The zero-order chi connectivity index (χ0) is 10.9. The minimum atomic E-state index is -1.58. The molecule has 8 heteroatoms. The van der Waals surface area contributed by atoms with Crippen molar-refractivity contribution in [3.05, 3.63) is 11.3 Å². The molecular weight excluding hydrogens is 219 g/mol. The Hall–Kier alpha value is -0.600. The van der Waals surface area contributed by atoms with Gasteiger partial charge in [-0.3, -0.25) is 0 Å². The van der Waals surface area contributed by atoms with E-state index in [4.69, 9.17) is 20.4 Å². The van der Waals surface area contributed by atoms with Crippen molar-refractivity contribution in [2.75, 3.05) is 6.61 Å². The van der Waals surface area contributed by atoms with Gasteiger partial charge in [0, 0.05) is 0 Å². The number of ether oxygens (including phenoxy) is 1. The summed E-state index contributed by atoms with van der Waals surface area (Å²) in [5.74, 6) is -3.85. The van der Waals surface area contributed by atoms with Gasteiger partial charge in [-0.1, -0.05) is 0 Å². The third kappa shape index (κ3) is 2.70. The molecule has 0 radical (unpaired) electrons. The summed E-state index contributed by atoms with van der Waals surface area (Å²) in [5, 5.41) is 35.2. The molecule has 0 aliphatic carbocycles. The SMILES string of the molecule is O=C(O)C1=C(O)C(=O)O[C@H]1C(O)CO.[H-].[Na+]. The largest absolute Gasteiger partial charge is 1.00 e. The van der Waals surface area contributed by atoms with E-state index in [0.717, 1.165) is 0 Å². The van der Waals surface area contributed by atoms with E-state index < -0.39 is 42.1 Å². The molecule has 0 amide bonds. The Morgan fingerprint density at radius 1 is 1.60 bits per heavy atom. The van der Waals surface area contributed by atoms with Crippen LogP contribution in [-0.4, -0.2) is 51.2 Å². The molecule has 0 spiro atoms. The van der Waals surface area contributed by atoms with Crippen LogP contribution in [0.3, 0.4) is 0 Å². The van der Waals surface area contributed by atoms with Crippen LogP contribution in [0.2, 0.25) is 0 Å². The molecule has 15 heavy (non-hydrogen) atoms. The van der Waals surface area contributed by atoms with Gasteiger partial charge in [0.1, 0.15) is 11.7 Å². The molecule has 0 aromatic rings. The number of aliphatic carboxylic acids is 1. The Balaban J connectivity index is 0. The zero-order valence-electron chi connectivity index (χ0n) is 8.88. The molecule has 0 bridgehead atoms. The molecule has 80 valence electrons. The number of aliphatic hydroxyl groups excluding tert-OH is 3. The summed E-state index contributed by atoms with van der Waals surface area (Å²) in [7, 11) is 0. The number of carboxylic acid groups (broad SMARTS) is 1. The van der Waals surface area contributed by atoms with Gasteiger partial charge in [0.15, 0.2) is 6.10 Å². The first-order valence-electron chi connectivity index (χ1n) is 3.65. The van der Waals surface area contributed by atoms with E-state index >= 15 is 0 Å². The molecule has 0 saturated carbocycles. The van der Waals surface area contributed by atoms with Crippen molar-refractivity contribution in [2.45, 2.75) is 12.2 Å². The maximum Gasteiger partial charge on any atom is 1.00 e. The van der Waals surface area contributed by atoms with Crippen molar-refractivity contribution in [3.63, 3.8) is 0 Å². The smallest absolute Gasteiger partial charge is 1.00 e. The molecule has 0 aromatic carbocycles. The standard InChI is InChI=1S/C7H8O7.Na.H/c8-1-2(9)5-3(6(11)12)4(10)7(13)14-5;;/h2,5,8-10H,1H2,(H,11,12);;/q;+1;-1/t2?,5-;;/m0../s1. The Kier molecular flexibility index (Phi) is 5.26. The summed E-state index contributed by atoms with van der Waals surface area (Å²) >= 11 is 0. The quantitative estimate of drug-likeness (QED) is 0.282. The number of aliphatic hydroxyl groups is 3. The Labute approximate surface area is 108 Å². The average Bonchev–Trinajstić information content (AvgIpc) is 2.42. The van der Waals surface area contributed by atoms with Gasteiger partial charge in [0.25, 0.3) is 0 Å². The minimum Gasteiger partial charge on any atom is -1.00 e. The fourth-order valence-electron chi connectivity index (χ4n) is 1.06. The molecule has 4 N–H and O–H groups in total. The first kappa shape index (κ1) is 14.4. The van der Waals surface area contributed by atoms with E-state index in [-0.39, 0.29) is 31.0 Å². The summed E-state index contributed by atoms with van der Waals surface area (Å²) in [4.78, 5) is 21.3. The number of esters is 1. The van der Waals surface area contributed by atoms with Gasteiger partial charge in [0.05, 0.1) is 6.61 Å². The third-order valence-electron chi connectivity index (χ3n) is 1.73. The number of carboxylic acids is 1. The molecule has 1 heterocycles. The fourth-order valence-corrected chi connectivity index (χ4v) is 1.06. The molecular formula is C7H9NaO7. The fraction of sp³-hybridized carbons (Fsp3) is 0.429. The van der Waals surface area contributed by atoms with Crippen LogP contribution < -0.4 is 29.6 Å². The number of hydrogen-bond acceptors (Lipinski definition) is 6. The van der Waals surface area contributed by atoms with Crippen LogP contribution in [0, 0.1) is 0 Å². The molecule has 1 rings (SSSR count). The molecule has 1 aliphatic rings. The van der Waals surface area contributed by atoms with Gasteiger partial charge in [0.2, 0.25) is 5.76 Å². The van der Waals surface area contributed by atoms with Gasteiger partial charge >= 0.3 is 41.5 Å². The van der Waals surface area contributed by atoms with Gasteiger partial charge in [-0.25, -0.2) is 9.59 Å². The second-order valence-corrected chi connectivity index (χ2v) is 2.64. The Bertz CT molecular complexity index is 316. The van der Waals surface area contributed by atoms with Crippen molar-refractivity contribution >= 4 is 11.9 Å². The number of cyclic esters (lactones) is 1. The van der Waals surface area contributed by atoms with Crippen LogP contribution in [0.25, 0.3) is 0 Å². The second-order valence-electron chi connectivity index (χ2n) is 2.64. The predicted octanol–water partition coefficient (Wildman–Crippen LogP) is -4.72. The molecule has 0 fully saturated rings. The van der Waals surface area contributed by atoms with Gasteiger partial charge in [-0.2, -0.15) is 0 Å². The summed E-state index contributed by atoms with van der Waals surface area (Å²) in [6, 6.07) is 0. The van der Waals surface area contributed by atoms with Crippen LogP contribution >= 0.6 is 0 Å². The monoisotopic (exact) mass is 228 g/mol. The number of carbonyl (C=O) groups is 2. The number of carbonyl (C=O) groups excluding carboxylic acids is 1. The predicted molar refractivity (Wildman–Crippen MR) is 41.4 cm³/mol. The summed E-state index contributed by atoms with van der Waals surface area (Å²) in [5.41, 5.74) is -0.739. The van der Waals surface area contributed by atoms with E-state index in [9.17, 15) is 9.59 Å². The van der Waals surface area contributed by atoms with Gasteiger partial charge in [-0.05, 0) is 0 Å². The normalized spacial score (nSPS) is 22.0. The van der Waals surface area contributed by atoms with E-state index in [1.807, 2.05) is 0 Å². The summed E-state index contributed by atoms with van der Waals surface area (Å²) in [6.45, 7) is -0.776. The van der Waals surface area contributed by atoms with E-state index in [1.54, 1.807) is 0 Å². The van der Waals surface area contributed by atoms with Crippen LogP contribution in [0.1, 0.15) is 1.43 Å². The Morgan fingerprint density at radius 2 is 2.13 bits per heavy atom. The summed E-state index contributed by atoms with van der Waals surface area (Å²) in [6.07, 6.45) is -3.08. The van der Waals surface area contributed by atoms with Crippen molar-refractivity contribution in [2.24, 2.45) is 0 Å². The van der Waals surface area contributed by atoms with Crippen LogP contribution in [0.15, 0.2) is 11.3 Å². The maximum absolute atomic E-state index is 10.7. The van der Waals surface area contributed by atoms with E-state index in [1.165, 1.54) is 0 Å². The van der Waals surface area contributed by atoms with Crippen molar-refractivity contribution in [1.29, 1.82) is 0 Å². The first-order valence-corrected chi connectivity index (χ1v) is 3.65. The van der Waals surface area contributed by atoms with Crippen LogP contribution in [-0.2, 0) is 14.3 Å². The maximum atomic E-state index is 10.7. The average molecular weight is 228 g/mol. The van der Waals surface area contributed by atoms with Crippen LogP contribution in [0.4, 0.5) is 0 Å². The second kappa shape index (κ2) is 5.47. The van der Waals surface area contributed by atoms with E-state index in [2.05, 4.69) is 4.74 Å². The van der Waals surface area contributed by atoms with Crippen molar-refractivity contribution in [1.82, 2.24) is 0 Å². The van der Waals surface area contributed by atoms with Gasteiger partial charge < -0.3 is 26.6 Å². The van der Waals surface area contributed by atoms with Crippen molar-refractivity contribution < 1.29 is 65.7 Å².